The van der Waals surface area contributed by atoms with Crippen molar-refractivity contribution in [2.24, 2.45) is 5.73 Å². The smallest absolute Gasteiger partial charge is 0.141 e. The van der Waals surface area contributed by atoms with E-state index in [0.717, 1.165) is 6.20 Å². The number of halogens is 3. The monoisotopic (exact) mass is 296 g/mol. The fourth-order valence-corrected chi connectivity index (χ4v) is 2.23. The number of rotatable bonds is 4. The molecule has 1 aromatic carbocycles. The third-order valence-electron chi connectivity index (χ3n) is 3.39. The average Bonchev–Trinajstić information content (AvgIpc) is 2.42. The first kappa shape index (κ1) is 14.9. The molecule has 1 heterocycles. The van der Waals surface area contributed by atoms with E-state index in [1.165, 1.54) is 18.2 Å². The SMILES string of the molecule is CCC(N)(Cc1ccc(Cl)cc1F)c1ccc(F)cn1. The van der Waals surface area contributed by atoms with Gasteiger partial charge in [0.05, 0.1) is 17.4 Å². The zero-order valence-corrected chi connectivity index (χ0v) is 11.8. The van der Waals surface area contributed by atoms with Gasteiger partial charge in [0, 0.05) is 5.02 Å². The highest BCUT2D eigenvalue weighted by atomic mass is 35.5. The Balaban J connectivity index is 2.33. The maximum absolute atomic E-state index is 13.9. The maximum Gasteiger partial charge on any atom is 0.141 e. The minimum atomic E-state index is -0.845. The van der Waals surface area contributed by atoms with Crippen LogP contribution in [-0.2, 0) is 12.0 Å². The lowest BCUT2D eigenvalue weighted by Gasteiger charge is -2.28. The van der Waals surface area contributed by atoms with Gasteiger partial charge in [0.25, 0.3) is 0 Å². The van der Waals surface area contributed by atoms with Crippen LogP contribution >= 0.6 is 11.6 Å². The van der Waals surface area contributed by atoms with Crippen LogP contribution in [0, 0.1) is 11.6 Å². The Morgan fingerprint density at radius 2 is 2.00 bits per heavy atom. The lowest BCUT2D eigenvalue weighted by Crippen LogP contribution is -2.39. The molecule has 0 amide bonds. The molecule has 2 N–H and O–H groups in total. The molecular formula is C15H15ClF2N2. The van der Waals surface area contributed by atoms with Crippen molar-refractivity contribution < 1.29 is 8.78 Å². The molecule has 5 heteroatoms. The minimum Gasteiger partial charge on any atom is -0.320 e. The van der Waals surface area contributed by atoms with Crippen LogP contribution in [-0.4, -0.2) is 4.98 Å². The van der Waals surface area contributed by atoms with Crippen LogP contribution in [0.5, 0.6) is 0 Å². The molecule has 0 aliphatic carbocycles. The molecule has 0 bridgehead atoms. The van der Waals surface area contributed by atoms with Gasteiger partial charge in [0.2, 0.25) is 0 Å². The van der Waals surface area contributed by atoms with Gasteiger partial charge in [0.1, 0.15) is 11.6 Å². The molecule has 0 aliphatic heterocycles. The summed E-state index contributed by atoms with van der Waals surface area (Å²) in [5.41, 5.74) is 6.48. The van der Waals surface area contributed by atoms with Crippen LogP contribution in [0.4, 0.5) is 8.78 Å². The molecule has 20 heavy (non-hydrogen) atoms. The van der Waals surface area contributed by atoms with Gasteiger partial charge in [-0.25, -0.2) is 8.78 Å². The van der Waals surface area contributed by atoms with Gasteiger partial charge in [-0.3, -0.25) is 4.98 Å². The first-order valence-corrected chi connectivity index (χ1v) is 6.67. The second kappa shape index (κ2) is 5.85. The molecule has 1 atom stereocenters. The molecule has 2 aromatic rings. The zero-order chi connectivity index (χ0) is 14.8. The molecule has 1 unspecified atom stereocenters. The van der Waals surface area contributed by atoms with Crippen molar-refractivity contribution in [1.82, 2.24) is 4.98 Å². The number of aromatic nitrogens is 1. The summed E-state index contributed by atoms with van der Waals surface area (Å²) in [5.74, 6) is -0.826. The summed E-state index contributed by atoms with van der Waals surface area (Å²) in [4.78, 5) is 4.02. The normalized spacial score (nSPS) is 14.1. The summed E-state index contributed by atoms with van der Waals surface area (Å²) in [5, 5.41) is 0.338. The standard InChI is InChI=1S/C15H15ClF2N2/c1-2-15(19,14-6-5-12(17)9-20-14)8-10-3-4-11(16)7-13(10)18/h3-7,9H,2,8,19H2,1H3. The Morgan fingerprint density at radius 1 is 1.25 bits per heavy atom. The summed E-state index contributed by atoms with van der Waals surface area (Å²) < 4.78 is 26.8. The van der Waals surface area contributed by atoms with Crippen molar-refractivity contribution in [2.45, 2.75) is 25.3 Å². The van der Waals surface area contributed by atoms with Gasteiger partial charge < -0.3 is 5.73 Å². The van der Waals surface area contributed by atoms with Crippen LogP contribution in [0.15, 0.2) is 36.5 Å². The molecule has 0 radical (unpaired) electrons. The van der Waals surface area contributed by atoms with Crippen LogP contribution in [0.2, 0.25) is 5.02 Å². The lowest BCUT2D eigenvalue weighted by molar-refractivity contribution is 0.403. The van der Waals surface area contributed by atoms with Gasteiger partial charge in [0.15, 0.2) is 0 Å². The van der Waals surface area contributed by atoms with Gasteiger partial charge in [-0.05, 0) is 42.7 Å². The summed E-state index contributed by atoms with van der Waals surface area (Å²) in [6.45, 7) is 1.89. The van der Waals surface area contributed by atoms with Crippen molar-refractivity contribution in [2.75, 3.05) is 0 Å². The third-order valence-corrected chi connectivity index (χ3v) is 3.62. The minimum absolute atomic E-state index is 0.269. The topological polar surface area (TPSA) is 38.9 Å². The Morgan fingerprint density at radius 3 is 2.55 bits per heavy atom. The van der Waals surface area contributed by atoms with E-state index in [2.05, 4.69) is 4.98 Å². The van der Waals surface area contributed by atoms with Gasteiger partial charge >= 0.3 is 0 Å². The highest BCUT2D eigenvalue weighted by Gasteiger charge is 2.28. The third kappa shape index (κ3) is 3.14. The maximum atomic E-state index is 13.9. The molecule has 0 fully saturated rings. The molecule has 106 valence electrons. The molecule has 0 saturated heterocycles. The second-order valence-corrected chi connectivity index (χ2v) is 5.22. The molecule has 2 nitrogen and oxygen atoms in total. The van der Waals surface area contributed by atoms with E-state index in [-0.39, 0.29) is 6.42 Å². The van der Waals surface area contributed by atoms with Crippen molar-refractivity contribution in [1.29, 1.82) is 0 Å². The first-order chi connectivity index (χ1) is 9.44. The Labute approximate surface area is 121 Å². The van der Waals surface area contributed by atoms with E-state index in [9.17, 15) is 8.78 Å². The Bertz CT molecular complexity index is 601. The predicted octanol–water partition coefficient (Wildman–Crippen LogP) is 3.82. The number of nitrogens with two attached hydrogens (primary N) is 1. The summed E-state index contributed by atoms with van der Waals surface area (Å²) in [7, 11) is 0. The van der Waals surface area contributed by atoms with Crippen molar-refractivity contribution in [3.63, 3.8) is 0 Å². The fraction of sp³-hybridized carbons (Fsp3) is 0.267. The van der Waals surface area contributed by atoms with E-state index in [1.54, 1.807) is 12.1 Å². The van der Waals surface area contributed by atoms with E-state index >= 15 is 0 Å². The van der Waals surface area contributed by atoms with Gasteiger partial charge in [-0.15, -0.1) is 0 Å². The van der Waals surface area contributed by atoms with Crippen LogP contribution in [0.3, 0.4) is 0 Å². The van der Waals surface area contributed by atoms with E-state index in [1.807, 2.05) is 6.92 Å². The summed E-state index contributed by atoms with van der Waals surface area (Å²) >= 11 is 5.73. The summed E-state index contributed by atoms with van der Waals surface area (Å²) in [6, 6.07) is 7.32. The predicted molar refractivity (Wildman–Crippen MR) is 75.5 cm³/mol. The highest BCUT2D eigenvalue weighted by molar-refractivity contribution is 6.30. The lowest BCUT2D eigenvalue weighted by atomic mass is 9.85. The van der Waals surface area contributed by atoms with Crippen LogP contribution in [0.25, 0.3) is 0 Å². The van der Waals surface area contributed by atoms with Crippen LogP contribution < -0.4 is 5.73 Å². The number of nitrogens with zero attached hydrogens (tertiary/aromatic N) is 1. The number of pyridine rings is 1. The summed E-state index contributed by atoms with van der Waals surface area (Å²) in [6.07, 6.45) is 1.93. The molecular weight excluding hydrogens is 282 g/mol. The van der Waals surface area contributed by atoms with Gasteiger partial charge in [-0.2, -0.15) is 0 Å². The highest BCUT2D eigenvalue weighted by Crippen LogP contribution is 2.27. The number of hydrogen-bond acceptors (Lipinski definition) is 2. The zero-order valence-electron chi connectivity index (χ0n) is 11.0. The molecule has 0 aliphatic rings. The molecule has 0 saturated carbocycles. The van der Waals surface area contributed by atoms with E-state index < -0.39 is 17.2 Å². The van der Waals surface area contributed by atoms with Gasteiger partial charge in [-0.1, -0.05) is 24.6 Å². The van der Waals surface area contributed by atoms with Crippen molar-refractivity contribution >= 4 is 11.6 Å². The molecule has 0 spiro atoms. The molecule has 2 rings (SSSR count). The Hall–Kier alpha value is -1.52. The molecule has 1 aromatic heterocycles. The van der Waals surface area contributed by atoms with E-state index in [0.29, 0.717) is 22.7 Å². The number of hydrogen-bond donors (Lipinski definition) is 1. The van der Waals surface area contributed by atoms with Crippen LogP contribution in [0.1, 0.15) is 24.6 Å². The first-order valence-electron chi connectivity index (χ1n) is 6.29. The largest absolute Gasteiger partial charge is 0.320 e. The average molecular weight is 297 g/mol. The quantitative estimate of drug-likeness (QED) is 0.931. The van der Waals surface area contributed by atoms with E-state index in [4.69, 9.17) is 17.3 Å². The fourth-order valence-electron chi connectivity index (χ4n) is 2.07. The second-order valence-electron chi connectivity index (χ2n) is 4.78. The van der Waals surface area contributed by atoms with Crippen molar-refractivity contribution in [3.05, 3.63) is 64.4 Å². The number of benzene rings is 1. The Kier molecular flexibility index (Phi) is 4.35. The van der Waals surface area contributed by atoms with Crippen molar-refractivity contribution in [3.8, 4) is 0 Å².